The molecule has 0 saturated carbocycles. The van der Waals surface area contributed by atoms with E-state index in [-0.39, 0.29) is 0 Å². The predicted octanol–water partition coefficient (Wildman–Crippen LogP) is 2.90. The van der Waals surface area contributed by atoms with Crippen LogP contribution >= 0.6 is 11.6 Å². The Labute approximate surface area is 96.6 Å². The first kappa shape index (κ1) is 11.5. The number of hydrogen-bond donors (Lipinski definition) is 0. The van der Waals surface area contributed by atoms with Gasteiger partial charge in [-0.3, -0.25) is 9.78 Å². The summed E-state index contributed by atoms with van der Waals surface area (Å²) in [5.74, 6) is -2.11. The molecule has 0 N–H and O–H groups in total. The fourth-order valence-electron chi connectivity index (χ4n) is 2.06. The number of carbonyl (C=O) groups excluding carboxylic acids is 1. The van der Waals surface area contributed by atoms with Crippen molar-refractivity contribution in [3.63, 3.8) is 0 Å². The van der Waals surface area contributed by atoms with Crippen LogP contribution in [0.3, 0.4) is 0 Å². The molecular weight excluding hydrogens is 236 g/mol. The van der Waals surface area contributed by atoms with Gasteiger partial charge in [-0.1, -0.05) is 6.07 Å². The summed E-state index contributed by atoms with van der Waals surface area (Å²) >= 11 is 4.77. The highest BCUT2D eigenvalue weighted by atomic mass is 35.5. The van der Waals surface area contributed by atoms with Gasteiger partial charge in [0.1, 0.15) is 0 Å². The lowest BCUT2D eigenvalue weighted by Crippen LogP contribution is -2.31. The van der Waals surface area contributed by atoms with E-state index in [1.807, 2.05) is 6.07 Å². The Bertz CT molecular complexity index is 417. The molecule has 0 spiro atoms. The maximum absolute atomic E-state index is 12.8. The Balaban J connectivity index is 2.36. The third kappa shape index (κ3) is 2.07. The van der Waals surface area contributed by atoms with Crippen molar-refractivity contribution in [2.75, 3.05) is 0 Å². The number of fused-ring (bicyclic) bond motifs is 1. The fourth-order valence-corrected chi connectivity index (χ4v) is 2.19. The summed E-state index contributed by atoms with van der Waals surface area (Å²) in [6.45, 7) is 0. The molecule has 2 nitrogen and oxygen atoms in total. The molecule has 1 aromatic heterocycles. The third-order valence-corrected chi connectivity index (χ3v) is 2.98. The van der Waals surface area contributed by atoms with Crippen molar-refractivity contribution in [2.24, 2.45) is 0 Å². The Morgan fingerprint density at radius 1 is 1.56 bits per heavy atom. The highest BCUT2D eigenvalue weighted by Crippen LogP contribution is 2.36. The van der Waals surface area contributed by atoms with Gasteiger partial charge in [0.2, 0.25) is 5.78 Å². The van der Waals surface area contributed by atoms with Crippen LogP contribution in [0.15, 0.2) is 18.3 Å². The zero-order valence-corrected chi connectivity index (χ0v) is 9.18. The molecule has 1 atom stereocenters. The lowest BCUT2D eigenvalue weighted by molar-refractivity contribution is -0.135. The standard InChI is InChI=1S/C11H10ClF2NO/c12-11(13,14)10(16)8-5-1-3-7-4-2-6-15-9(7)8/h2,4,6,8H,1,3,5H2. The first-order chi connectivity index (χ1) is 7.50. The van der Waals surface area contributed by atoms with Crippen LogP contribution in [-0.2, 0) is 11.2 Å². The van der Waals surface area contributed by atoms with Gasteiger partial charge in [0.15, 0.2) is 0 Å². The van der Waals surface area contributed by atoms with E-state index in [0.717, 1.165) is 12.0 Å². The second kappa shape index (κ2) is 4.09. The lowest BCUT2D eigenvalue weighted by atomic mass is 9.84. The average molecular weight is 246 g/mol. The number of ketones is 1. The summed E-state index contributed by atoms with van der Waals surface area (Å²) in [5, 5.41) is -3.79. The smallest absolute Gasteiger partial charge is 0.291 e. The van der Waals surface area contributed by atoms with E-state index in [1.165, 1.54) is 6.20 Å². The first-order valence-corrected chi connectivity index (χ1v) is 5.43. The Kier molecular flexibility index (Phi) is 2.93. The minimum absolute atomic E-state index is 0.394. The van der Waals surface area contributed by atoms with Crippen LogP contribution in [0.2, 0.25) is 0 Å². The molecule has 86 valence electrons. The molecule has 0 amide bonds. The predicted molar refractivity (Wildman–Crippen MR) is 55.7 cm³/mol. The molecular formula is C11H10ClF2NO. The lowest BCUT2D eigenvalue weighted by Gasteiger charge is -2.24. The summed E-state index contributed by atoms with van der Waals surface area (Å²) in [5.41, 5.74) is 1.33. The molecule has 1 heterocycles. The molecule has 16 heavy (non-hydrogen) atoms. The topological polar surface area (TPSA) is 30.0 Å². The maximum Gasteiger partial charge on any atom is 0.381 e. The number of pyridine rings is 1. The van der Waals surface area contributed by atoms with Crippen molar-refractivity contribution in [2.45, 2.75) is 30.6 Å². The highest BCUT2D eigenvalue weighted by Gasteiger charge is 2.43. The van der Waals surface area contributed by atoms with Crippen LogP contribution in [0, 0.1) is 0 Å². The summed E-state index contributed by atoms with van der Waals surface area (Å²) in [7, 11) is 0. The first-order valence-electron chi connectivity index (χ1n) is 5.05. The van der Waals surface area contributed by atoms with Crippen LogP contribution < -0.4 is 0 Å². The van der Waals surface area contributed by atoms with Gasteiger partial charge in [0, 0.05) is 6.20 Å². The normalized spacial score (nSPS) is 20.3. The SMILES string of the molecule is O=C(C1CCCc2cccnc21)C(F)(F)Cl. The van der Waals surface area contributed by atoms with E-state index in [1.54, 1.807) is 6.07 Å². The van der Waals surface area contributed by atoms with Gasteiger partial charge < -0.3 is 0 Å². The van der Waals surface area contributed by atoms with Gasteiger partial charge in [-0.2, -0.15) is 8.78 Å². The fraction of sp³-hybridized carbons (Fsp3) is 0.455. The number of halogens is 3. The molecule has 0 saturated heterocycles. The number of carbonyl (C=O) groups is 1. The largest absolute Gasteiger partial charge is 0.381 e. The summed E-state index contributed by atoms with van der Waals surface area (Å²) in [6.07, 6.45) is 3.39. The summed E-state index contributed by atoms with van der Waals surface area (Å²) < 4.78 is 25.6. The van der Waals surface area contributed by atoms with Gasteiger partial charge >= 0.3 is 5.38 Å². The van der Waals surface area contributed by atoms with Crippen molar-refractivity contribution in [1.29, 1.82) is 0 Å². The highest BCUT2D eigenvalue weighted by molar-refractivity contribution is 6.33. The number of Topliss-reactive ketones (excluding diaryl/α,β-unsaturated/α-hetero) is 1. The van der Waals surface area contributed by atoms with Gasteiger partial charge in [-0.25, -0.2) is 0 Å². The molecule has 0 aromatic carbocycles. The van der Waals surface area contributed by atoms with Crippen LogP contribution in [0.1, 0.15) is 30.0 Å². The van der Waals surface area contributed by atoms with Gasteiger partial charge in [0.25, 0.3) is 0 Å². The van der Waals surface area contributed by atoms with Gasteiger partial charge in [0.05, 0.1) is 11.6 Å². The third-order valence-electron chi connectivity index (χ3n) is 2.79. The number of alkyl halides is 3. The Morgan fingerprint density at radius 3 is 3.00 bits per heavy atom. The van der Waals surface area contributed by atoms with Crippen molar-refractivity contribution in [3.05, 3.63) is 29.6 Å². The van der Waals surface area contributed by atoms with Crippen molar-refractivity contribution < 1.29 is 13.6 Å². The Hall–Kier alpha value is -1.03. The minimum atomic E-state index is -3.79. The molecule has 2 rings (SSSR count). The van der Waals surface area contributed by atoms with E-state index in [4.69, 9.17) is 11.6 Å². The number of nitrogens with zero attached hydrogens (tertiary/aromatic N) is 1. The summed E-state index contributed by atoms with van der Waals surface area (Å²) in [4.78, 5) is 15.5. The number of rotatable bonds is 2. The van der Waals surface area contributed by atoms with Gasteiger partial charge in [-0.15, -0.1) is 0 Å². The zero-order chi connectivity index (χ0) is 11.8. The van der Waals surface area contributed by atoms with Crippen molar-refractivity contribution >= 4 is 17.4 Å². The quantitative estimate of drug-likeness (QED) is 0.750. The summed E-state index contributed by atoms with van der Waals surface area (Å²) in [6, 6.07) is 3.55. The van der Waals surface area contributed by atoms with Crippen molar-refractivity contribution in [3.8, 4) is 0 Å². The monoisotopic (exact) mass is 245 g/mol. The molecule has 0 radical (unpaired) electrons. The molecule has 1 aromatic rings. The van der Waals surface area contributed by atoms with Gasteiger partial charge in [-0.05, 0) is 42.5 Å². The van der Waals surface area contributed by atoms with E-state index >= 15 is 0 Å². The number of hydrogen-bond acceptors (Lipinski definition) is 2. The number of aromatic nitrogens is 1. The molecule has 0 bridgehead atoms. The minimum Gasteiger partial charge on any atom is -0.291 e. The number of aryl methyl sites for hydroxylation is 1. The van der Waals surface area contributed by atoms with Crippen LogP contribution in [-0.4, -0.2) is 16.1 Å². The molecule has 0 fully saturated rings. The average Bonchev–Trinajstić information content (AvgIpc) is 2.26. The Morgan fingerprint density at radius 2 is 2.31 bits per heavy atom. The van der Waals surface area contributed by atoms with E-state index in [9.17, 15) is 13.6 Å². The van der Waals surface area contributed by atoms with Crippen LogP contribution in [0.4, 0.5) is 8.78 Å². The molecule has 1 aliphatic carbocycles. The van der Waals surface area contributed by atoms with Crippen LogP contribution in [0.5, 0.6) is 0 Å². The van der Waals surface area contributed by atoms with E-state index < -0.39 is 17.1 Å². The molecule has 1 unspecified atom stereocenters. The second-order valence-electron chi connectivity index (χ2n) is 3.85. The maximum atomic E-state index is 12.8. The van der Waals surface area contributed by atoms with E-state index in [2.05, 4.69) is 4.98 Å². The zero-order valence-electron chi connectivity index (χ0n) is 8.42. The molecule has 1 aliphatic rings. The van der Waals surface area contributed by atoms with Crippen LogP contribution in [0.25, 0.3) is 0 Å². The molecule has 5 heteroatoms. The molecule has 0 aliphatic heterocycles. The van der Waals surface area contributed by atoms with Crippen molar-refractivity contribution in [1.82, 2.24) is 4.98 Å². The second-order valence-corrected chi connectivity index (χ2v) is 4.33. The van der Waals surface area contributed by atoms with E-state index in [0.29, 0.717) is 18.5 Å².